The molecule has 0 fully saturated rings. The van der Waals surface area contributed by atoms with E-state index in [4.69, 9.17) is 11.6 Å². The first-order valence-electron chi connectivity index (χ1n) is 4.62. The topological polar surface area (TPSA) is 72.0 Å². The summed E-state index contributed by atoms with van der Waals surface area (Å²) in [6, 6.07) is 4.51. The Morgan fingerprint density at radius 2 is 1.71 bits per heavy atom. The third-order valence-electron chi connectivity index (χ3n) is 1.96. The lowest BCUT2D eigenvalue weighted by molar-refractivity contribution is 0.601. The summed E-state index contributed by atoms with van der Waals surface area (Å²) in [7, 11) is -3.72. The zero-order valence-corrected chi connectivity index (χ0v) is 10.1. The number of hydrogen-bond donors (Lipinski definition) is 1. The van der Waals surface area contributed by atoms with E-state index in [-0.39, 0.29) is 9.92 Å². The minimum atomic E-state index is -3.72. The maximum Gasteiger partial charge on any atom is 0.264 e. The van der Waals surface area contributed by atoms with Crippen LogP contribution in [0.15, 0.2) is 47.9 Å². The second-order valence-electron chi connectivity index (χ2n) is 3.15. The lowest BCUT2D eigenvalue weighted by atomic mass is 10.4. The fourth-order valence-corrected chi connectivity index (χ4v) is 2.68. The average molecular weight is 270 g/mol. The summed E-state index contributed by atoms with van der Waals surface area (Å²) in [6.07, 6.45) is 5.60. The van der Waals surface area contributed by atoms with Gasteiger partial charge in [-0.3, -0.25) is 14.7 Å². The van der Waals surface area contributed by atoms with Gasteiger partial charge in [0.1, 0.15) is 4.90 Å². The molecule has 0 saturated carbocycles. The normalized spacial score (nSPS) is 11.1. The molecule has 0 saturated heterocycles. The van der Waals surface area contributed by atoms with E-state index in [0.717, 1.165) is 0 Å². The van der Waals surface area contributed by atoms with Gasteiger partial charge in [0, 0.05) is 24.8 Å². The molecule has 0 bridgehead atoms. The third kappa shape index (κ3) is 2.72. The molecule has 0 radical (unpaired) electrons. The van der Waals surface area contributed by atoms with Crippen LogP contribution in [0.2, 0.25) is 5.02 Å². The van der Waals surface area contributed by atoms with Gasteiger partial charge in [-0.25, -0.2) is 8.42 Å². The van der Waals surface area contributed by atoms with Gasteiger partial charge in [-0.2, -0.15) is 0 Å². The lowest BCUT2D eigenvalue weighted by Gasteiger charge is -2.08. The number of hydrogen-bond acceptors (Lipinski definition) is 4. The first-order valence-corrected chi connectivity index (χ1v) is 6.48. The SMILES string of the molecule is O=S(=O)(Nc1ccncc1)c1cnccc1Cl. The van der Waals surface area contributed by atoms with E-state index in [1.807, 2.05) is 0 Å². The van der Waals surface area contributed by atoms with Crippen LogP contribution in [0.4, 0.5) is 5.69 Å². The van der Waals surface area contributed by atoms with Crippen molar-refractivity contribution in [3.8, 4) is 0 Å². The quantitative estimate of drug-likeness (QED) is 0.924. The van der Waals surface area contributed by atoms with E-state index in [1.165, 1.54) is 30.9 Å². The highest BCUT2D eigenvalue weighted by Gasteiger charge is 2.17. The van der Waals surface area contributed by atoms with Crippen molar-refractivity contribution in [2.75, 3.05) is 4.72 Å². The molecular weight excluding hydrogens is 262 g/mol. The highest BCUT2D eigenvalue weighted by Crippen LogP contribution is 2.21. The van der Waals surface area contributed by atoms with Crippen molar-refractivity contribution in [3.63, 3.8) is 0 Å². The Bertz CT molecular complexity index is 616. The van der Waals surface area contributed by atoms with Crippen LogP contribution in [-0.4, -0.2) is 18.4 Å². The molecule has 0 unspecified atom stereocenters. The number of nitrogens with zero attached hydrogens (tertiary/aromatic N) is 2. The number of aromatic nitrogens is 2. The molecule has 88 valence electrons. The van der Waals surface area contributed by atoms with Crippen LogP contribution in [0.5, 0.6) is 0 Å². The Kier molecular flexibility index (Phi) is 3.26. The summed E-state index contributed by atoms with van der Waals surface area (Å²) in [5.74, 6) is 0. The summed E-state index contributed by atoms with van der Waals surface area (Å²) >= 11 is 5.80. The van der Waals surface area contributed by atoms with Crippen LogP contribution < -0.4 is 4.72 Å². The summed E-state index contributed by atoms with van der Waals surface area (Å²) < 4.78 is 26.3. The monoisotopic (exact) mass is 269 g/mol. The first-order chi connectivity index (χ1) is 8.09. The molecule has 5 nitrogen and oxygen atoms in total. The molecule has 0 spiro atoms. The van der Waals surface area contributed by atoms with Crippen molar-refractivity contribution >= 4 is 27.3 Å². The van der Waals surface area contributed by atoms with E-state index in [9.17, 15) is 8.42 Å². The molecule has 2 aromatic heterocycles. The van der Waals surface area contributed by atoms with Gasteiger partial charge in [0.25, 0.3) is 10.0 Å². The summed E-state index contributed by atoms with van der Waals surface area (Å²) in [5.41, 5.74) is 0.417. The number of rotatable bonds is 3. The Morgan fingerprint density at radius 3 is 2.35 bits per heavy atom. The molecule has 17 heavy (non-hydrogen) atoms. The van der Waals surface area contributed by atoms with Crippen LogP contribution in [0.3, 0.4) is 0 Å². The maximum atomic E-state index is 12.0. The number of sulfonamides is 1. The lowest BCUT2D eigenvalue weighted by Crippen LogP contribution is -2.13. The summed E-state index contributed by atoms with van der Waals surface area (Å²) in [5, 5.41) is 0.126. The fourth-order valence-electron chi connectivity index (χ4n) is 1.19. The van der Waals surface area contributed by atoms with E-state index in [0.29, 0.717) is 5.69 Å². The predicted octanol–water partition coefficient (Wildman–Crippen LogP) is 1.93. The van der Waals surface area contributed by atoms with Crippen LogP contribution in [0.25, 0.3) is 0 Å². The minimum absolute atomic E-state index is 0.0570. The van der Waals surface area contributed by atoms with E-state index < -0.39 is 10.0 Å². The second kappa shape index (κ2) is 4.68. The molecule has 7 heteroatoms. The second-order valence-corrected chi connectivity index (χ2v) is 5.21. The van der Waals surface area contributed by atoms with Crippen LogP contribution in [0.1, 0.15) is 0 Å². The predicted molar refractivity (Wildman–Crippen MR) is 64.3 cm³/mol. The van der Waals surface area contributed by atoms with Crippen LogP contribution >= 0.6 is 11.6 Å². The molecule has 0 aliphatic heterocycles. The molecule has 0 amide bonds. The molecule has 2 aromatic rings. The van der Waals surface area contributed by atoms with Crippen LogP contribution in [0, 0.1) is 0 Å². The number of anilines is 1. The zero-order chi connectivity index (χ0) is 12.3. The van der Waals surface area contributed by atoms with Gasteiger partial charge in [0.15, 0.2) is 0 Å². The van der Waals surface area contributed by atoms with E-state index in [2.05, 4.69) is 14.7 Å². The molecule has 0 aliphatic carbocycles. The largest absolute Gasteiger partial charge is 0.279 e. The van der Waals surface area contributed by atoms with Crippen molar-refractivity contribution in [2.24, 2.45) is 0 Å². The Balaban J connectivity index is 2.36. The minimum Gasteiger partial charge on any atom is -0.279 e. The van der Waals surface area contributed by atoms with Gasteiger partial charge >= 0.3 is 0 Å². The first kappa shape index (κ1) is 11.8. The van der Waals surface area contributed by atoms with Gasteiger partial charge in [0.05, 0.1) is 10.7 Å². The van der Waals surface area contributed by atoms with Crippen molar-refractivity contribution in [2.45, 2.75) is 4.90 Å². The smallest absolute Gasteiger partial charge is 0.264 e. The number of halogens is 1. The Morgan fingerprint density at radius 1 is 1.06 bits per heavy atom. The molecule has 1 N–H and O–H groups in total. The van der Waals surface area contributed by atoms with Crippen molar-refractivity contribution in [1.82, 2.24) is 9.97 Å². The van der Waals surface area contributed by atoms with Gasteiger partial charge in [-0.15, -0.1) is 0 Å². The molecule has 2 rings (SSSR count). The average Bonchev–Trinajstić information content (AvgIpc) is 2.30. The van der Waals surface area contributed by atoms with Crippen molar-refractivity contribution < 1.29 is 8.42 Å². The molecule has 0 atom stereocenters. The van der Waals surface area contributed by atoms with Gasteiger partial charge < -0.3 is 0 Å². The van der Waals surface area contributed by atoms with Crippen molar-refractivity contribution in [1.29, 1.82) is 0 Å². The van der Waals surface area contributed by atoms with Crippen molar-refractivity contribution in [3.05, 3.63) is 48.0 Å². The van der Waals surface area contributed by atoms with Crippen LogP contribution in [-0.2, 0) is 10.0 Å². The summed E-state index contributed by atoms with van der Waals surface area (Å²) in [4.78, 5) is 7.47. The number of pyridine rings is 2. The molecular formula is C10H8ClN3O2S. The maximum absolute atomic E-state index is 12.0. The molecule has 0 aromatic carbocycles. The standard InChI is InChI=1S/C10H8ClN3O2S/c11-9-3-6-13-7-10(9)17(15,16)14-8-1-4-12-5-2-8/h1-7H,(H,12,14). The summed E-state index contributed by atoms with van der Waals surface area (Å²) in [6.45, 7) is 0. The fraction of sp³-hybridized carbons (Fsp3) is 0. The Hall–Kier alpha value is -1.66. The third-order valence-corrected chi connectivity index (χ3v) is 3.81. The number of nitrogens with one attached hydrogen (secondary N) is 1. The highest BCUT2D eigenvalue weighted by atomic mass is 35.5. The van der Waals surface area contributed by atoms with Gasteiger partial charge in [-0.05, 0) is 18.2 Å². The molecule has 2 heterocycles. The highest BCUT2D eigenvalue weighted by molar-refractivity contribution is 7.92. The van der Waals surface area contributed by atoms with E-state index >= 15 is 0 Å². The zero-order valence-electron chi connectivity index (χ0n) is 8.54. The molecule has 0 aliphatic rings. The van der Waals surface area contributed by atoms with Gasteiger partial charge in [0.2, 0.25) is 0 Å². The van der Waals surface area contributed by atoms with E-state index in [1.54, 1.807) is 12.1 Å². The van der Waals surface area contributed by atoms with Gasteiger partial charge in [-0.1, -0.05) is 11.6 Å². The Labute approximate surface area is 104 Å².